The predicted octanol–water partition coefficient (Wildman–Crippen LogP) is 4.91. The number of methoxy groups -OCH3 is 1. The van der Waals surface area contributed by atoms with E-state index in [2.05, 4.69) is 20.9 Å². The maximum Gasteiger partial charge on any atom is 0.336 e. The molecule has 0 saturated heterocycles. The minimum Gasteiger partial charge on any atom is -0.493 e. The van der Waals surface area contributed by atoms with Crippen molar-refractivity contribution >= 4 is 39.6 Å². The van der Waals surface area contributed by atoms with Gasteiger partial charge in [-0.25, -0.2) is 9.78 Å². The molecule has 5 nitrogen and oxygen atoms in total. The first-order valence-electron chi connectivity index (χ1n) is 7.45. The fourth-order valence-corrected chi connectivity index (χ4v) is 2.54. The molecule has 1 heterocycles. The predicted molar refractivity (Wildman–Crippen MR) is 100 cm³/mol. The number of hydrogen-bond acceptors (Lipinski definition) is 5. The Morgan fingerprint density at radius 1 is 1.32 bits per heavy atom. The van der Waals surface area contributed by atoms with Gasteiger partial charge in [0.15, 0.2) is 17.2 Å². The number of carbonyl (C=O) groups is 1. The lowest BCUT2D eigenvalue weighted by Crippen LogP contribution is -2.07. The molecule has 132 valence electrons. The van der Waals surface area contributed by atoms with E-state index in [0.717, 1.165) is 0 Å². The van der Waals surface area contributed by atoms with E-state index in [1.165, 1.54) is 13.2 Å². The summed E-state index contributed by atoms with van der Waals surface area (Å²) in [4.78, 5) is 15.9. The summed E-state index contributed by atoms with van der Waals surface area (Å²) in [7, 11) is 1.53. The molecule has 25 heavy (non-hydrogen) atoms. The molecule has 0 spiro atoms. The lowest BCUT2D eigenvalue weighted by atomic mass is 10.2. The Morgan fingerprint density at radius 3 is 2.72 bits per heavy atom. The first-order valence-corrected chi connectivity index (χ1v) is 8.62. The van der Waals surface area contributed by atoms with Gasteiger partial charge in [0.05, 0.1) is 18.2 Å². The van der Waals surface area contributed by atoms with Crippen LogP contribution in [0.1, 0.15) is 19.4 Å². The third-order valence-corrected chi connectivity index (χ3v) is 3.83. The molecular weight excluding hydrogens is 410 g/mol. The SMILES string of the molecule is COc1cc(/C=C/C(=O)Oc2cccnc2Br)cc(Cl)c1OC(C)C. The summed E-state index contributed by atoms with van der Waals surface area (Å²) in [6.45, 7) is 3.80. The van der Waals surface area contributed by atoms with Gasteiger partial charge in [-0.2, -0.15) is 0 Å². The molecule has 2 rings (SSSR count). The molecule has 0 bridgehead atoms. The van der Waals surface area contributed by atoms with E-state index >= 15 is 0 Å². The fourth-order valence-electron chi connectivity index (χ4n) is 1.94. The van der Waals surface area contributed by atoms with Crippen LogP contribution in [0.4, 0.5) is 0 Å². The molecule has 1 aromatic heterocycles. The van der Waals surface area contributed by atoms with Crippen molar-refractivity contribution in [3.63, 3.8) is 0 Å². The minimum absolute atomic E-state index is 0.0410. The van der Waals surface area contributed by atoms with Crippen molar-refractivity contribution in [1.29, 1.82) is 0 Å². The Morgan fingerprint density at radius 2 is 2.08 bits per heavy atom. The summed E-state index contributed by atoms with van der Waals surface area (Å²) in [5.41, 5.74) is 0.681. The molecular formula is C18H17BrClNO4. The largest absolute Gasteiger partial charge is 0.493 e. The summed E-state index contributed by atoms with van der Waals surface area (Å²) < 4.78 is 16.6. The van der Waals surface area contributed by atoms with Crippen LogP contribution >= 0.6 is 27.5 Å². The topological polar surface area (TPSA) is 57.7 Å². The van der Waals surface area contributed by atoms with Crippen molar-refractivity contribution in [1.82, 2.24) is 4.98 Å². The molecule has 0 N–H and O–H groups in total. The van der Waals surface area contributed by atoms with Crippen LogP contribution in [0.2, 0.25) is 5.02 Å². The zero-order chi connectivity index (χ0) is 18.4. The Labute approximate surface area is 159 Å². The molecule has 0 fully saturated rings. The molecule has 0 unspecified atom stereocenters. The molecule has 0 aliphatic carbocycles. The summed E-state index contributed by atoms with van der Waals surface area (Å²) in [6.07, 6.45) is 4.43. The number of halogens is 2. The molecule has 0 aliphatic heterocycles. The van der Waals surface area contributed by atoms with Crippen LogP contribution in [0.5, 0.6) is 17.2 Å². The third-order valence-electron chi connectivity index (χ3n) is 2.95. The molecule has 0 radical (unpaired) electrons. The Hall–Kier alpha value is -2.05. The molecule has 1 aromatic carbocycles. The van der Waals surface area contributed by atoms with Crippen molar-refractivity contribution in [3.05, 3.63) is 51.7 Å². The maximum atomic E-state index is 11.9. The van der Waals surface area contributed by atoms with Crippen molar-refractivity contribution < 1.29 is 19.0 Å². The summed E-state index contributed by atoms with van der Waals surface area (Å²) >= 11 is 9.47. The number of aromatic nitrogens is 1. The minimum atomic E-state index is -0.536. The third kappa shape index (κ3) is 5.47. The highest BCUT2D eigenvalue weighted by Crippen LogP contribution is 2.37. The number of benzene rings is 1. The summed E-state index contributed by atoms with van der Waals surface area (Å²) in [5.74, 6) is 0.766. The Bertz CT molecular complexity index is 793. The normalized spacial score (nSPS) is 11.0. The average molecular weight is 427 g/mol. The second-order valence-corrected chi connectivity index (χ2v) is 6.41. The van der Waals surface area contributed by atoms with E-state index in [1.54, 1.807) is 36.5 Å². The van der Waals surface area contributed by atoms with Gasteiger partial charge in [0.25, 0.3) is 0 Å². The second-order valence-electron chi connectivity index (χ2n) is 5.25. The van der Waals surface area contributed by atoms with Crippen molar-refractivity contribution in [2.45, 2.75) is 20.0 Å². The number of pyridine rings is 1. The van der Waals surface area contributed by atoms with Gasteiger partial charge in [0, 0.05) is 12.3 Å². The van der Waals surface area contributed by atoms with E-state index in [-0.39, 0.29) is 6.10 Å². The van der Waals surface area contributed by atoms with E-state index < -0.39 is 5.97 Å². The van der Waals surface area contributed by atoms with Gasteiger partial charge < -0.3 is 14.2 Å². The number of esters is 1. The molecule has 2 aromatic rings. The Kier molecular flexibility index (Phi) is 6.84. The summed E-state index contributed by atoms with van der Waals surface area (Å²) in [5, 5.41) is 0.399. The van der Waals surface area contributed by atoms with Gasteiger partial charge in [0.2, 0.25) is 0 Å². The number of carbonyl (C=O) groups excluding carboxylic acids is 1. The number of ether oxygens (including phenoxy) is 3. The van der Waals surface area contributed by atoms with E-state index in [0.29, 0.717) is 32.4 Å². The smallest absolute Gasteiger partial charge is 0.336 e. The van der Waals surface area contributed by atoms with Crippen LogP contribution in [-0.4, -0.2) is 24.2 Å². The van der Waals surface area contributed by atoms with Gasteiger partial charge in [-0.3, -0.25) is 0 Å². The monoisotopic (exact) mass is 425 g/mol. The van der Waals surface area contributed by atoms with E-state index in [4.69, 9.17) is 25.8 Å². The second kappa shape index (κ2) is 8.87. The molecule has 0 saturated carbocycles. The highest BCUT2D eigenvalue weighted by molar-refractivity contribution is 9.10. The maximum absolute atomic E-state index is 11.9. The zero-order valence-corrected chi connectivity index (χ0v) is 16.3. The van der Waals surface area contributed by atoms with Gasteiger partial charge in [-0.05, 0) is 65.7 Å². The van der Waals surface area contributed by atoms with Crippen LogP contribution in [0.25, 0.3) is 6.08 Å². The Balaban J connectivity index is 2.16. The van der Waals surface area contributed by atoms with Gasteiger partial charge in [-0.15, -0.1) is 0 Å². The van der Waals surface area contributed by atoms with Gasteiger partial charge >= 0.3 is 5.97 Å². The van der Waals surface area contributed by atoms with E-state index in [1.807, 2.05) is 13.8 Å². The summed E-state index contributed by atoms with van der Waals surface area (Å²) in [6, 6.07) is 6.73. The van der Waals surface area contributed by atoms with Crippen LogP contribution < -0.4 is 14.2 Å². The zero-order valence-electron chi connectivity index (χ0n) is 14.0. The van der Waals surface area contributed by atoms with Gasteiger partial charge in [-0.1, -0.05) is 11.6 Å². The van der Waals surface area contributed by atoms with Crippen LogP contribution in [0.15, 0.2) is 41.1 Å². The number of hydrogen-bond donors (Lipinski definition) is 0. The van der Waals surface area contributed by atoms with Crippen molar-refractivity contribution in [2.75, 3.05) is 7.11 Å². The molecule has 7 heteroatoms. The molecule has 0 aliphatic rings. The standard InChI is InChI=1S/C18H17BrClNO4/c1-11(2)24-17-13(20)9-12(10-15(17)23-3)6-7-16(22)25-14-5-4-8-21-18(14)19/h4-11H,1-3H3/b7-6+. The highest BCUT2D eigenvalue weighted by atomic mass is 79.9. The number of nitrogens with zero attached hydrogens (tertiary/aromatic N) is 1. The lowest BCUT2D eigenvalue weighted by Gasteiger charge is -2.15. The van der Waals surface area contributed by atoms with Crippen LogP contribution in [0, 0.1) is 0 Å². The quantitative estimate of drug-likeness (QED) is 0.373. The first-order chi connectivity index (χ1) is 11.9. The lowest BCUT2D eigenvalue weighted by molar-refractivity contribution is -0.128. The van der Waals surface area contributed by atoms with Crippen LogP contribution in [0.3, 0.4) is 0 Å². The first kappa shape index (κ1) is 19.3. The fraction of sp³-hybridized carbons (Fsp3) is 0.222. The number of rotatable bonds is 6. The highest BCUT2D eigenvalue weighted by Gasteiger charge is 2.13. The van der Waals surface area contributed by atoms with Crippen molar-refractivity contribution in [2.24, 2.45) is 0 Å². The average Bonchev–Trinajstić information content (AvgIpc) is 2.56. The van der Waals surface area contributed by atoms with Crippen LogP contribution in [-0.2, 0) is 4.79 Å². The van der Waals surface area contributed by atoms with Crippen molar-refractivity contribution in [3.8, 4) is 17.2 Å². The molecule has 0 atom stereocenters. The van der Waals surface area contributed by atoms with Gasteiger partial charge in [0.1, 0.15) is 4.60 Å². The molecule has 0 amide bonds. The van der Waals surface area contributed by atoms with E-state index in [9.17, 15) is 4.79 Å².